The van der Waals surface area contributed by atoms with E-state index in [9.17, 15) is 18.0 Å². The summed E-state index contributed by atoms with van der Waals surface area (Å²) in [5.41, 5.74) is 0.796. The van der Waals surface area contributed by atoms with Crippen molar-refractivity contribution >= 4 is 27.0 Å². The van der Waals surface area contributed by atoms with Crippen molar-refractivity contribution in [1.29, 1.82) is 0 Å². The molecule has 146 valence electrons. The van der Waals surface area contributed by atoms with E-state index >= 15 is 0 Å². The quantitative estimate of drug-likeness (QED) is 0.780. The average molecular weight is 393 g/mol. The van der Waals surface area contributed by atoms with E-state index < -0.39 is 15.8 Å². The summed E-state index contributed by atoms with van der Waals surface area (Å²) in [7, 11) is -2.13. The minimum absolute atomic E-state index is 0.0971. The summed E-state index contributed by atoms with van der Waals surface area (Å²) in [5.74, 6) is -0.257. The van der Waals surface area contributed by atoms with E-state index in [1.165, 1.54) is 21.0 Å². The molecule has 1 aliphatic heterocycles. The van der Waals surface area contributed by atoms with Gasteiger partial charge in [-0.2, -0.15) is 4.31 Å². The third-order valence-corrected chi connectivity index (χ3v) is 7.55. The van der Waals surface area contributed by atoms with Crippen molar-refractivity contribution in [3.8, 4) is 0 Å². The smallest absolute Gasteiger partial charge is 0.408 e. The Hall–Kier alpha value is -2.13. The van der Waals surface area contributed by atoms with Crippen LogP contribution in [0.1, 0.15) is 25.7 Å². The maximum absolute atomic E-state index is 13.0. The van der Waals surface area contributed by atoms with Crippen LogP contribution in [0.4, 0.5) is 0 Å². The number of fused-ring (bicyclic) bond motifs is 1. The standard InChI is InChI=1S/C18H23N3O5S/c1-19-15-7-6-14(12-16(15)26-18(19)23)27(24,25)21-10-8-20(9-11-21)17(22)13-4-2-3-5-13/h6-7,12-13H,2-5,8-11H2,1H3. The van der Waals surface area contributed by atoms with E-state index in [4.69, 9.17) is 4.42 Å². The number of carbonyl (C=O) groups is 1. The van der Waals surface area contributed by atoms with E-state index in [-0.39, 0.29) is 35.4 Å². The minimum Gasteiger partial charge on any atom is -0.408 e. The lowest BCUT2D eigenvalue weighted by molar-refractivity contribution is -0.136. The fourth-order valence-corrected chi connectivity index (χ4v) is 5.44. The molecule has 2 heterocycles. The summed E-state index contributed by atoms with van der Waals surface area (Å²) >= 11 is 0. The summed E-state index contributed by atoms with van der Waals surface area (Å²) in [6.07, 6.45) is 4.09. The highest BCUT2D eigenvalue weighted by molar-refractivity contribution is 7.89. The van der Waals surface area contributed by atoms with E-state index in [0.717, 1.165) is 25.7 Å². The molecule has 1 saturated carbocycles. The highest BCUT2D eigenvalue weighted by atomic mass is 32.2. The molecule has 0 unspecified atom stereocenters. The van der Waals surface area contributed by atoms with E-state index in [1.807, 2.05) is 0 Å². The molecule has 0 spiro atoms. The maximum Gasteiger partial charge on any atom is 0.419 e. The topological polar surface area (TPSA) is 92.8 Å². The van der Waals surface area contributed by atoms with Crippen LogP contribution in [-0.4, -0.2) is 54.3 Å². The Morgan fingerprint density at radius 3 is 2.44 bits per heavy atom. The number of rotatable bonds is 3. The first kappa shape index (κ1) is 18.2. The number of oxazole rings is 1. The molecule has 2 fully saturated rings. The molecule has 9 heteroatoms. The molecule has 1 amide bonds. The van der Waals surface area contributed by atoms with Gasteiger partial charge in [0, 0.05) is 45.2 Å². The zero-order valence-electron chi connectivity index (χ0n) is 15.3. The maximum atomic E-state index is 13.0. The van der Waals surface area contributed by atoms with Crippen LogP contribution in [0.25, 0.3) is 11.1 Å². The molecule has 2 aliphatic rings. The van der Waals surface area contributed by atoms with Crippen molar-refractivity contribution in [2.45, 2.75) is 30.6 Å². The molecule has 1 saturated heterocycles. The number of piperazine rings is 1. The monoisotopic (exact) mass is 393 g/mol. The Morgan fingerprint density at radius 1 is 1.11 bits per heavy atom. The molecule has 0 N–H and O–H groups in total. The third-order valence-electron chi connectivity index (χ3n) is 5.66. The number of benzene rings is 1. The lowest BCUT2D eigenvalue weighted by Crippen LogP contribution is -2.51. The van der Waals surface area contributed by atoms with Crippen LogP contribution >= 0.6 is 0 Å². The van der Waals surface area contributed by atoms with Gasteiger partial charge in [-0.1, -0.05) is 12.8 Å². The van der Waals surface area contributed by atoms with Crippen molar-refractivity contribution in [3.05, 3.63) is 28.7 Å². The number of aryl methyl sites for hydroxylation is 1. The number of hydrogen-bond acceptors (Lipinski definition) is 5. The molecule has 0 bridgehead atoms. The molecule has 1 aromatic carbocycles. The Bertz CT molecular complexity index is 1020. The second-order valence-electron chi connectivity index (χ2n) is 7.27. The number of nitrogens with zero attached hydrogens (tertiary/aromatic N) is 3. The Balaban J connectivity index is 1.50. The molecule has 2 aromatic rings. The first-order chi connectivity index (χ1) is 12.9. The molecular formula is C18H23N3O5S. The molecule has 0 radical (unpaired) electrons. The minimum atomic E-state index is -3.70. The van der Waals surface area contributed by atoms with Gasteiger partial charge in [0.2, 0.25) is 15.9 Å². The number of sulfonamides is 1. The van der Waals surface area contributed by atoms with Gasteiger partial charge in [0.15, 0.2) is 5.58 Å². The van der Waals surface area contributed by atoms with Crippen LogP contribution in [-0.2, 0) is 21.9 Å². The summed E-state index contributed by atoms with van der Waals surface area (Å²) in [6.45, 7) is 1.38. The van der Waals surface area contributed by atoms with Gasteiger partial charge in [-0.3, -0.25) is 9.36 Å². The average Bonchev–Trinajstić information content (AvgIpc) is 3.30. The first-order valence-electron chi connectivity index (χ1n) is 9.26. The van der Waals surface area contributed by atoms with Gasteiger partial charge in [0.1, 0.15) is 0 Å². The molecule has 1 aliphatic carbocycles. The van der Waals surface area contributed by atoms with E-state index in [1.54, 1.807) is 18.0 Å². The van der Waals surface area contributed by atoms with Gasteiger partial charge < -0.3 is 9.32 Å². The van der Waals surface area contributed by atoms with E-state index in [0.29, 0.717) is 18.6 Å². The predicted octanol–water partition coefficient (Wildman–Crippen LogP) is 1.15. The van der Waals surface area contributed by atoms with Gasteiger partial charge >= 0.3 is 5.76 Å². The molecule has 1 aromatic heterocycles. The highest BCUT2D eigenvalue weighted by Gasteiger charge is 2.33. The van der Waals surface area contributed by atoms with Gasteiger partial charge in [0.25, 0.3) is 0 Å². The fourth-order valence-electron chi connectivity index (χ4n) is 4.00. The molecular weight excluding hydrogens is 370 g/mol. The van der Waals surface area contributed by atoms with Crippen molar-refractivity contribution in [2.75, 3.05) is 26.2 Å². The van der Waals surface area contributed by atoms with Crippen molar-refractivity contribution in [2.24, 2.45) is 13.0 Å². The van der Waals surface area contributed by atoms with E-state index in [2.05, 4.69) is 0 Å². The van der Waals surface area contributed by atoms with Gasteiger partial charge in [-0.15, -0.1) is 0 Å². The van der Waals surface area contributed by atoms with Crippen LogP contribution in [0.5, 0.6) is 0 Å². The van der Waals surface area contributed by atoms with Crippen LogP contribution < -0.4 is 5.76 Å². The number of hydrogen-bond donors (Lipinski definition) is 0. The number of aromatic nitrogens is 1. The molecule has 8 nitrogen and oxygen atoms in total. The fraction of sp³-hybridized carbons (Fsp3) is 0.556. The Kier molecular flexibility index (Phi) is 4.59. The van der Waals surface area contributed by atoms with Crippen LogP contribution in [0.2, 0.25) is 0 Å². The van der Waals surface area contributed by atoms with Gasteiger partial charge in [-0.25, -0.2) is 13.2 Å². The van der Waals surface area contributed by atoms with Crippen molar-refractivity contribution in [3.63, 3.8) is 0 Å². The number of carbonyl (C=O) groups excluding carboxylic acids is 1. The summed E-state index contributed by atoms with van der Waals surface area (Å²) in [5, 5.41) is 0. The second-order valence-corrected chi connectivity index (χ2v) is 9.21. The van der Waals surface area contributed by atoms with Gasteiger partial charge in [-0.05, 0) is 25.0 Å². The SMILES string of the molecule is Cn1c(=O)oc2cc(S(=O)(=O)N3CCN(C(=O)C4CCCC4)CC3)ccc21. The van der Waals surface area contributed by atoms with Crippen LogP contribution in [0.15, 0.2) is 32.3 Å². The normalized spacial score (nSPS) is 19.8. The lowest BCUT2D eigenvalue weighted by Gasteiger charge is -2.35. The van der Waals surface area contributed by atoms with Crippen molar-refractivity contribution < 1.29 is 17.6 Å². The van der Waals surface area contributed by atoms with Crippen LogP contribution in [0, 0.1) is 5.92 Å². The largest absolute Gasteiger partial charge is 0.419 e. The summed E-state index contributed by atoms with van der Waals surface area (Å²) < 4.78 is 33.7. The third kappa shape index (κ3) is 3.19. The van der Waals surface area contributed by atoms with Crippen molar-refractivity contribution in [1.82, 2.24) is 13.8 Å². The Labute approximate surface area is 157 Å². The van der Waals surface area contributed by atoms with Gasteiger partial charge in [0.05, 0.1) is 10.4 Å². The first-order valence-corrected chi connectivity index (χ1v) is 10.7. The summed E-state index contributed by atoms with van der Waals surface area (Å²) in [4.78, 5) is 26.0. The highest BCUT2D eigenvalue weighted by Crippen LogP contribution is 2.28. The zero-order valence-corrected chi connectivity index (χ0v) is 16.1. The predicted molar refractivity (Wildman–Crippen MR) is 98.8 cm³/mol. The van der Waals surface area contributed by atoms with Crippen LogP contribution in [0.3, 0.4) is 0 Å². The lowest BCUT2D eigenvalue weighted by atomic mass is 10.1. The number of amides is 1. The summed E-state index contributed by atoms with van der Waals surface area (Å²) in [6, 6.07) is 4.46. The second kappa shape index (κ2) is 6.79. The molecule has 27 heavy (non-hydrogen) atoms. The Morgan fingerprint density at radius 2 is 1.78 bits per heavy atom. The molecule has 0 atom stereocenters. The molecule has 4 rings (SSSR count). The zero-order chi connectivity index (χ0) is 19.2.